The fraction of sp³-hybridized carbons (Fsp3) is 0.417. The molecule has 1 aromatic carbocycles. The number of carboxylic acids is 1. The van der Waals surface area contributed by atoms with Crippen LogP contribution in [0.25, 0.3) is 0 Å². The lowest BCUT2D eigenvalue weighted by Gasteiger charge is -2.31. The number of nitrogens with two attached hydrogens (primary N) is 1. The van der Waals surface area contributed by atoms with E-state index in [-0.39, 0.29) is 12.0 Å². The Balaban J connectivity index is 3.73. The van der Waals surface area contributed by atoms with Gasteiger partial charge in [0.2, 0.25) is 0 Å². The summed E-state index contributed by atoms with van der Waals surface area (Å²) in [7, 11) is 0. The number of carboxylic acid groups (broad SMARTS) is 1. The molecule has 1 aromatic rings. The van der Waals surface area contributed by atoms with Crippen LogP contribution in [0.1, 0.15) is 25.3 Å². The first-order chi connectivity index (χ1) is 9.75. The summed E-state index contributed by atoms with van der Waals surface area (Å²) in [5, 5.41) is 32.2. The quantitative estimate of drug-likeness (QED) is 0.432. The molecule has 0 amide bonds. The Labute approximate surface area is 119 Å². The van der Waals surface area contributed by atoms with E-state index in [2.05, 4.69) is 0 Å². The summed E-state index contributed by atoms with van der Waals surface area (Å²) in [6.45, 7) is 1.48. The second-order valence-corrected chi connectivity index (χ2v) is 4.56. The van der Waals surface area contributed by atoms with Crippen LogP contribution in [0.15, 0.2) is 30.3 Å². The van der Waals surface area contributed by atoms with Gasteiger partial charge in [-0.2, -0.15) is 0 Å². The largest absolute Gasteiger partial charge is 0.490 e. The highest BCUT2D eigenvalue weighted by atomic mass is 16.7. The van der Waals surface area contributed by atoms with Crippen molar-refractivity contribution in [1.82, 2.24) is 0 Å². The minimum atomic E-state index is -3.05. The highest BCUT2D eigenvalue weighted by Crippen LogP contribution is 2.37. The SMILES string of the molecule is CCCC([N+](=O)[O-])([N+](=O)[O-])C(N)(C(=O)O)c1ccccc1. The van der Waals surface area contributed by atoms with E-state index in [0.717, 1.165) is 0 Å². The Morgan fingerprint density at radius 3 is 2.05 bits per heavy atom. The summed E-state index contributed by atoms with van der Waals surface area (Å²) in [5.41, 5.74) is -0.276. The van der Waals surface area contributed by atoms with Gasteiger partial charge in [0.25, 0.3) is 5.54 Å². The fourth-order valence-electron chi connectivity index (χ4n) is 2.31. The first-order valence-corrected chi connectivity index (χ1v) is 6.12. The molecule has 0 bridgehead atoms. The maximum Gasteiger partial charge on any atom is 0.490 e. The molecule has 9 heteroatoms. The van der Waals surface area contributed by atoms with Crippen LogP contribution in [0.3, 0.4) is 0 Å². The number of nitrogens with zero attached hydrogens (tertiary/aromatic N) is 2. The van der Waals surface area contributed by atoms with Crippen LogP contribution < -0.4 is 5.73 Å². The Hall–Kier alpha value is -2.55. The monoisotopic (exact) mass is 297 g/mol. The van der Waals surface area contributed by atoms with E-state index in [9.17, 15) is 30.1 Å². The summed E-state index contributed by atoms with van der Waals surface area (Å²) < 4.78 is 0. The van der Waals surface area contributed by atoms with E-state index < -0.39 is 33.4 Å². The summed E-state index contributed by atoms with van der Waals surface area (Å²) in [5.74, 6) is -1.82. The number of hydrogen-bond acceptors (Lipinski definition) is 6. The zero-order valence-corrected chi connectivity index (χ0v) is 11.3. The minimum Gasteiger partial charge on any atom is -0.479 e. The zero-order valence-electron chi connectivity index (χ0n) is 11.3. The highest BCUT2D eigenvalue weighted by Gasteiger charge is 2.75. The second kappa shape index (κ2) is 5.83. The van der Waals surface area contributed by atoms with E-state index in [1.165, 1.54) is 31.2 Å². The van der Waals surface area contributed by atoms with Gasteiger partial charge in [0.15, 0.2) is 0 Å². The van der Waals surface area contributed by atoms with Crippen LogP contribution in [-0.4, -0.2) is 26.6 Å². The summed E-state index contributed by atoms with van der Waals surface area (Å²) in [4.78, 5) is 32.0. The summed E-state index contributed by atoms with van der Waals surface area (Å²) in [6.07, 6.45) is -0.578. The molecule has 0 radical (unpaired) electrons. The molecule has 0 aromatic heterocycles. The van der Waals surface area contributed by atoms with E-state index in [4.69, 9.17) is 5.73 Å². The average molecular weight is 297 g/mol. The van der Waals surface area contributed by atoms with Gasteiger partial charge >= 0.3 is 11.6 Å². The Morgan fingerprint density at radius 2 is 1.71 bits per heavy atom. The van der Waals surface area contributed by atoms with Crippen molar-refractivity contribution in [2.75, 3.05) is 0 Å². The number of nitro groups is 2. The molecule has 0 heterocycles. The van der Waals surface area contributed by atoms with Gasteiger partial charge in [0.05, 0.1) is 6.42 Å². The van der Waals surface area contributed by atoms with Crippen molar-refractivity contribution in [3.8, 4) is 0 Å². The van der Waals surface area contributed by atoms with Gasteiger partial charge in [0.1, 0.15) is 9.85 Å². The molecule has 1 rings (SSSR count). The van der Waals surface area contributed by atoms with Crippen molar-refractivity contribution < 1.29 is 19.7 Å². The number of aliphatic carboxylic acids is 1. The molecule has 21 heavy (non-hydrogen) atoms. The maximum atomic E-state index is 11.6. The normalized spacial score (nSPS) is 14.2. The van der Waals surface area contributed by atoms with Gasteiger partial charge in [0, 0.05) is 0 Å². The van der Waals surface area contributed by atoms with Gasteiger partial charge in [-0.1, -0.05) is 37.3 Å². The highest BCUT2D eigenvalue weighted by molar-refractivity contribution is 5.82. The lowest BCUT2D eigenvalue weighted by Crippen LogP contribution is -2.70. The molecule has 9 nitrogen and oxygen atoms in total. The Kier molecular flexibility index (Phi) is 4.58. The van der Waals surface area contributed by atoms with Crippen LogP contribution in [0.5, 0.6) is 0 Å². The third-order valence-corrected chi connectivity index (χ3v) is 3.40. The van der Waals surface area contributed by atoms with Crippen LogP contribution in [-0.2, 0) is 10.3 Å². The van der Waals surface area contributed by atoms with Gasteiger partial charge in [-0.25, -0.2) is 4.79 Å². The van der Waals surface area contributed by atoms with Gasteiger partial charge in [-0.15, -0.1) is 0 Å². The molecule has 0 aliphatic rings. The lowest BCUT2D eigenvalue weighted by molar-refractivity contribution is -0.807. The van der Waals surface area contributed by atoms with Crippen molar-refractivity contribution in [2.45, 2.75) is 31.0 Å². The predicted octanol–water partition coefficient (Wildman–Crippen LogP) is 0.975. The molecule has 1 atom stereocenters. The summed E-state index contributed by atoms with van der Waals surface area (Å²) >= 11 is 0. The Morgan fingerprint density at radius 1 is 1.24 bits per heavy atom. The number of carbonyl (C=O) groups is 1. The van der Waals surface area contributed by atoms with Gasteiger partial charge in [-0.05, 0) is 12.0 Å². The number of benzene rings is 1. The van der Waals surface area contributed by atoms with E-state index in [1.54, 1.807) is 6.07 Å². The lowest BCUT2D eigenvalue weighted by atomic mass is 9.76. The number of rotatable bonds is 7. The molecule has 1 unspecified atom stereocenters. The number of hydrogen-bond donors (Lipinski definition) is 2. The van der Waals surface area contributed by atoms with Crippen molar-refractivity contribution >= 4 is 5.97 Å². The third kappa shape index (κ3) is 2.31. The minimum absolute atomic E-state index is 0.0288. The molecule has 0 spiro atoms. The topological polar surface area (TPSA) is 150 Å². The van der Waals surface area contributed by atoms with Crippen LogP contribution in [0.4, 0.5) is 0 Å². The molecule has 3 N–H and O–H groups in total. The molecule has 0 saturated carbocycles. The van der Waals surface area contributed by atoms with Crippen molar-refractivity contribution in [3.05, 3.63) is 56.1 Å². The van der Waals surface area contributed by atoms with Crippen LogP contribution in [0, 0.1) is 20.2 Å². The molecule has 0 saturated heterocycles. The standard InChI is InChI=1S/C12H15N3O6/c1-2-8-11(14(18)19,15(20)21)12(13,10(16)17)9-6-4-3-5-7-9/h3-7H,2,8,13H2,1H3,(H,16,17). The fourth-order valence-corrected chi connectivity index (χ4v) is 2.31. The molecule has 0 aliphatic carbocycles. The molecular formula is C12H15N3O6. The van der Waals surface area contributed by atoms with E-state index in [0.29, 0.717) is 0 Å². The van der Waals surface area contributed by atoms with E-state index in [1.807, 2.05) is 0 Å². The first kappa shape index (κ1) is 16.5. The second-order valence-electron chi connectivity index (χ2n) is 4.56. The average Bonchev–Trinajstić information content (AvgIpc) is 2.43. The van der Waals surface area contributed by atoms with Gasteiger partial charge in [-0.3, -0.25) is 26.0 Å². The van der Waals surface area contributed by atoms with Crippen LogP contribution >= 0.6 is 0 Å². The maximum absolute atomic E-state index is 11.6. The summed E-state index contributed by atoms with van der Waals surface area (Å²) in [6, 6.07) is 6.83. The van der Waals surface area contributed by atoms with Crippen molar-refractivity contribution in [1.29, 1.82) is 0 Å². The smallest absolute Gasteiger partial charge is 0.479 e. The molecule has 0 aliphatic heterocycles. The van der Waals surface area contributed by atoms with Gasteiger partial charge < -0.3 is 5.11 Å². The predicted molar refractivity (Wildman–Crippen MR) is 71.6 cm³/mol. The van der Waals surface area contributed by atoms with Crippen molar-refractivity contribution in [3.63, 3.8) is 0 Å². The zero-order chi connectivity index (χ0) is 16.3. The Bertz CT molecular complexity index is 547. The molecular weight excluding hydrogens is 282 g/mol. The first-order valence-electron chi connectivity index (χ1n) is 6.12. The van der Waals surface area contributed by atoms with E-state index >= 15 is 0 Å². The van der Waals surface area contributed by atoms with Crippen LogP contribution in [0.2, 0.25) is 0 Å². The van der Waals surface area contributed by atoms with Crippen molar-refractivity contribution in [2.24, 2.45) is 5.73 Å². The molecule has 114 valence electrons. The third-order valence-electron chi connectivity index (χ3n) is 3.40. The molecule has 0 fully saturated rings.